The maximum atomic E-state index is 2.32. The average molecular weight is 256 g/mol. The SMILES string of the molecule is CCCC(C)c1ccc(C[N+](C)(C)C)cc1.[Cl-]. The standard InChI is InChI=1S/C15H26N.ClH/c1-6-7-13(2)15-10-8-14(9-11-15)12-16(3,4)5;/h8-11,13H,6-7,12H2,1-5H3;1H/q+1;/p-1. The van der Waals surface area contributed by atoms with Crippen LogP contribution in [0.15, 0.2) is 24.3 Å². The summed E-state index contributed by atoms with van der Waals surface area (Å²) in [6.07, 6.45) is 2.55. The highest BCUT2D eigenvalue weighted by Gasteiger charge is 2.09. The van der Waals surface area contributed by atoms with Crippen LogP contribution in [0, 0.1) is 0 Å². The first-order valence-corrected chi connectivity index (χ1v) is 6.31. The zero-order valence-corrected chi connectivity index (χ0v) is 12.6. The molecule has 0 aliphatic carbocycles. The predicted octanol–water partition coefficient (Wildman–Crippen LogP) is 0.800. The summed E-state index contributed by atoms with van der Waals surface area (Å²) in [5.41, 5.74) is 2.91. The fourth-order valence-corrected chi connectivity index (χ4v) is 2.10. The van der Waals surface area contributed by atoms with E-state index in [9.17, 15) is 0 Å². The smallest absolute Gasteiger partial charge is 0.104 e. The Hall–Kier alpha value is -0.530. The Bertz CT molecular complexity index is 311. The first-order valence-electron chi connectivity index (χ1n) is 6.31. The Morgan fingerprint density at radius 3 is 2.00 bits per heavy atom. The summed E-state index contributed by atoms with van der Waals surface area (Å²) in [5, 5.41) is 0. The van der Waals surface area contributed by atoms with Crippen LogP contribution in [0.25, 0.3) is 0 Å². The molecule has 0 spiro atoms. The molecule has 0 N–H and O–H groups in total. The molecule has 0 saturated heterocycles. The van der Waals surface area contributed by atoms with Gasteiger partial charge in [-0.2, -0.15) is 0 Å². The van der Waals surface area contributed by atoms with Crippen molar-refractivity contribution >= 4 is 0 Å². The van der Waals surface area contributed by atoms with Gasteiger partial charge in [-0.25, -0.2) is 0 Å². The van der Waals surface area contributed by atoms with Crippen molar-refractivity contribution in [3.05, 3.63) is 35.4 Å². The number of nitrogens with zero attached hydrogens (tertiary/aromatic N) is 1. The molecule has 1 atom stereocenters. The molecule has 1 nitrogen and oxygen atoms in total. The van der Waals surface area contributed by atoms with E-state index >= 15 is 0 Å². The van der Waals surface area contributed by atoms with Crippen LogP contribution in [0.3, 0.4) is 0 Å². The minimum absolute atomic E-state index is 0. The fraction of sp³-hybridized carbons (Fsp3) is 0.600. The van der Waals surface area contributed by atoms with Crippen molar-refractivity contribution < 1.29 is 16.9 Å². The monoisotopic (exact) mass is 255 g/mol. The fourth-order valence-electron chi connectivity index (χ4n) is 2.10. The normalized spacial score (nSPS) is 13.0. The van der Waals surface area contributed by atoms with E-state index in [4.69, 9.17) is 0 Å². The van der Waals surface area contributed by atoms with Gasteiger partial charge in [0.25, 0.3) is 0 Å². The van der Waals surface area contributed by atoms with E-state index in [0.717, 1.165) is 11.0 Å². The van der Waals surface area contributed by atoms with Gasteiger partial charge >= 0.3 is 0 Å². The molecule has 0 heterocycles. The van der Waals surface area contributed by atoms with Crippen LogP contribution < -0.4 is 12.4 Å². The largest absolute Gasteiger partial charge is 1.00 e. The Morgan fingerprint density at radius 1 is 1.06 bits per heavy atom. The van der Waals surface area contributed by atoms with Gasteiger partial charge in [-0.1, -0.05) is 44.5 Å². The van der Waals surface area contributed by atoms with Gasteiger partial charge < -0.3 is 16.9 Å². The number of benzene rings is 1. The Balaban J connectivity index is 0.00000256. The van der Waals surface area contributed by atoms with E-state index in [-0.39, 0.29) is 12.4 Å². The van der Waals surface area contributed by atoms with Gasteiger partial charge in [-0.05, 0) is 17.9 Å². The highest BCUT2D eigenvalue weighted by molar-refractivity contribution is 5.24. The van der Waals surface area contributed by atoms with Crippen LogP contribution in [-0.2, 0) is 6.54 Å². The van der Waals surface area contributed by atoms with E-state index < -0.39 is 0 Å². The van der Waals surface area contributed by atoms with Gasteiger partial charge in [0.15, 0.2) is 0 Å². The molecule has 98 valence electrons. The van der Waals surface area contributed by atoms with Crippen LogP contribution in [0.2, 0.25) is 0 Å². The summed E-state index contributed by atoms with van der Waals surface area (Å²) in [7, 11) is 6.69. The molecule has 0 bridgehead atoms. The molecule has 0 radical (unpaired) electrons. The third kappa shape index (κ3) is 6.09. The molecule has 0 fully saturated rings. The molecule has 0 saturated carbocycles. The Kier molecular flexibility index (Phi) is 6.81. The lowest BCUT2D eigenvalue weighted by atomic mass is 9.95. The molecular weight excluding hydrogens is 230 g/mol. The molecule has 1 aromatic carbocycles. The lowest BCUT2D eigenvalue weighted by molar-refractivity contribution is -0.884. The summed E-state index contributed by atoms with van der Waals surface area (Å²) >= 11 is 0. The highest BCUT2D eigenvalue weighted by atomic mass is 35.5. The van der Waals surface area contributed by atoms with Crippen LogP contribution in [0.5, 0.6) is 0 Å². The van der Waals surface area contributed by atoms with Crippen molar-refractivity contribution in [3.63, 3.8) is 0 Å². The Morgan fingerprint density at radius 2 is 1.59 bits per heavy atom. The summed E-state index contributed by atoms with van der Waals surface area (Å²) in [6, 6.07) is 9.16. The molecule has 1 unspecified atom stereocenters. The van der Waals surface area contributed by atoms with Crippen molar-refractivity contribution in [1.82, 2.24) is 0 Å². The third-order valence-electron chi connectivity index (χ3n) is 2.93. The van der Waals surface area contributed by atoms with Gasteiger partial charge in [0.05, 0.1) is 21.1 Å². The van der Waals surface area contributed by atoms with Crippen molar-refractivity contribution in [1.29, 1.82) is 0 Å². The topological polar surface area (TPSA) is 0 Å². The lowest BCUT2D eigenvalue weighted by Gasteiger charge is -2.24. The average Bonchev–Trinajstić information content (AvgIpc) is 2.16. The van der Waals surface area contributed by atoms with E-state index in [1.807, 2.05) is 0 Å². The zero-order chi connectivity index (χ0) is 12.2. The van der Waals surface area contributed by atoms with Gasteiger partial charge in [0.2, 0.25) is 0 Å². The van der Waals surface area contributed by atoms with Crippen LogP contribution in [0.1, 0.15) is 43.7 Å². The van der Waals surface area contributed by atoms with Gasteiger partial charge in [-0.3, -0.25) is 0 Å². The molecule has 1 rings (SSSR count). The second-order valence-corrected chi connectivity index (χ2v) is 5.88. The van der Waals surface area contributed by atoms with Crippen LogP contribution >= 0.6 is 0 Å². The second-order valence-electron chi connectivity index (χ2n) is 5.88. The molecular formula is C15H26ClN. The van der Waals surface area contributed by atoms with Crippen molar-refractivity contribution in [3.8, 4) is 0 Å². The third-order valence-corrected chi connectivity index (χ3v) is 2.93. The first-order chi connectivity index (χ1) is 7.42. The molecule has 17 heavy (non-hydrogen) atoms. The Labute approximate surface area is 113 Å². The summed E-state index contributed by atoms with van der Waals surface area (Å²) in [4.78, 5) is 0. The highest BCUT2D eigenvalue weighted by Crippen LogP contribution is 2.21. The molecule has 0 aromatic heterocycles. The van der Waals surface area contributed by atoms with Crippen molar-refractivity contribution in [2.24, 2.45) is 0 Å². The number of hydrogen-bond acceptors (Lipinski definition) is 0. The molecule has 1 aromatic rings. The van der Waals surface area contributed by atoms with E-state index in [1.54, 1.807) is 0 Å². The molecule has 0 aliphatic heterocycles. The van der Waals surface area contributed by atoms with Crippen molar-refractivity contribution in [2.75, 3.05) is 21.1 Å². The first kappa shape index (κ1) is 16.5. The summed E-state index contributed by atoms with van der Waals surface area (Å²) in [5.74, 6) is 0.697. The maximum absolute atomic E-state index is 2.32. The van der Waals surface area contributed by atoms with Crippen LogP contribution in [0.4, 0.5) is 0 Å². The van der Waals surface area contributed by atoms with Gasteiger partial charge in [-0.15, -0.1) is 0 Å². The number of quaternary nitrogens is 1. The summed E-state index contributed by atoms with van der Waals surface area (Å²) < 4.78 is 0.990. The summed E-state index contributed by atoms with van der Waals surface area (Å²) in [6.45, 7) is 5.67. The number of halogens is 1. The number of hydrogen-bond donors (Lipinski definition) is 0. The molecule has 0 aliphatic rings. The quantitative estimate of drug-likeness (QED) is 0.683. The van der Waals surface area contributed by atoms with Gasteiger partial charge in [0, 0.05) is 5.56 Å². The number of rotatable bonds is 5. The van der Waals surface area contributed by atoms with E-state index in [0.29, 0.717) is 5.92 Å². The minimum atomic E-state index is 0. The van der Waals surface area contributed by atoms with E-state index in [2.05, 4.69) is 59.3 Å². The second kappa shape index (κ2) is 7.03. The zero-order valence-electron chi connectivity index (χ0n) is 11.8. The van der Waals surface area contributed by atoms with E-state index in [1.165, 1.54) is 24.0 Å². The maximum Gasteiger partial charge on any atom is 0.104 e. The minimum Gasteiger partial charge on any atom is -1.00 e. The van der Waals surface area contributed by atoms with Crippen LogP contribution in [-0.4, -0.2) is 25.6 Å². The van der Waals surface area contributed by atoms with Gasteiger partial charge in [0.1, 0.15) is 6.54 Å². The molecule has 2 heteroatoms. The van der Waals surface area contributed by atoms with Crippen molar-refractivity contribution in [2.45, 2.75) is 39.2 Å². The lowest BCUT2D eigenvalue weighted by Crippen LogP contribution is -3.00. The predicted molar refractivity (Wildman–Crippen MR) is 71.5 cm³/mol. The molecule has 0 amide bonds.